The summed E-state index contributed by atoms with van der Waals surface area (Å²) < 4.78 is 12.2. The third-order valence-corrected chi connectivity index (χ3v) is 5.13. The molecule has 0 unspecified atom stereocenters. The van der Waals surface area contributed by atoms with Crippen LogP contribution < -0.4 is 9.47 Å². The molecule has 0 N–H and O–H groups in total. The average Bonchev–Trinajstić information content (AvgIpc) is 2.78. The first-order chi connectivity index (χ1) is 14.9. The highest BCUT2D eigenvalue weighted by atomic mass is 16.5. The standard InChI is InChI=1S/C27H31NO3/c1-5-6-15-30-25-21(18-29)16-22(27(2,3)4)17-24(25)23-13-10-14-28-26(23)31-19-20-11-8-7-9-12-20/h7-14,16-18H,5-6,15,19H2,1-4H3. The minimum atomic E-state index is -0.123. The summed E-state index contributed by atoms with van der Waals surface area (Å²) in [4.78, 5) is 16.5. The Morgan fingerprint density at radius 3 is 2.42 bits per heavy atom. The van der Waals surface area contributed by atoms with Crippen molar-refractivity contribution < 1.29 is 14.3 Å². The molecule has 4 nitrogen and oxygen atoms in total. The van der Waals surface area contributed by atoms with E-state index in [9.17, 15) is 4.79 Å². The molecule has 0 atom stereocenters. The van der Waals surface area contributed by atoms with Crippen LogP contribution in [-0.2, 0) is 12.0 Å². The minimum absolute atomic E-state index is 0.123. The Hall–Kier alpha value is -3.14. The third kappa shape index (κ3) is 5.72. The zero-order chi connectivity index (χ0) is 22.3. The van der Waals surface area contributed by atoms with Gasteiger partial charge in [-0.25, -0.2) is 4.98 Å². The van der Waals surface area contributed by atoms with E-state index >= 15 is 0 Å². The first-order valence-electron chi connectivity index (χ1n) is 10.8. The molecule has 0 spiro atoms. The Labute approximate surface area is 185 Å². The van der Waals surface area contributed by atoms with Gasteiger partial charge in [-0.15, -0.1) is 0 Å². The monoisotopic (exact) mass is 417 g/mol. The van der Waals surface area contributed by atoms with Crippen molar-refractivity contribution in [3.8, 4) is 22.8 Å². The number of aldehydes is 1. The number of unbranched alkanes of at least 4 members (excludes halogenated alkanes) is 1. The summed E-state index contributed by atoms with van der Waals surface area (Å²) in [6.45, 7) is 9.48. The molecule has 1 heterocycles. The summed E-state index contributed by atoms with van der Waals surface area (Å²) in [7, 11) is 0. The smallest absolute Gasteiger partial charge is 0.221 e. The largest absolute Gasteiger partial charge is 0.492 e. The zero-order valence-corrected chi connectivity index (χ0v) is 18.9. The lowest BCUT2D eigenvalue weighted by Crippen LogP contribution is -2.13. The fraction of sp³-hybridized carbons (Fsp3) is 0.333. The summed E-state index contributed by atoms with van der Waals surface area (Å²) in [5.74, 6) is 1.11. The molecule has 0 saturated carbocycles. The van der Waals surface area contributed by atoms with Crippen molar-refractivity contribution in [2.45, 2.75) is 52.6 Å². The second-order valence-corrected chi connectivity index (χ2v) is 8.64. The van der Waals surface area contributed by atoms with Crippen molar-refractivity contribution in [3.63, 3.8) is 0 Å². The Balaban J connectivity index is 2.08. The average molecular weight is 418 g/mol. The van der Waals surface area contributed by atoms with E-state index < -0.39 is 0 Å². The topological polar surface area (TPSA) is 48.4 Å². The molecule has 0 fully saturated rings. The van der Waals surface area contributed by atoms with Gasteiger partial charge in [0.1, 0.15) is 12.4 Å². The molecule has 1 aromatic heterocycles. The fourth-order valence-electron chi connectivity index (χ4n) is 3.29. The van der Waals surface area contributed by atoms with Crippen molar-refractivity contribution in [2.24, 2.45) is 0 Å². The van der Waals surface area contributed by atoms with Gasteiger partial charge in [-0.3, -0.25) is 4.79 Å². The van der Waals surface area contributed by atoms with Crippen molar-refractivity contribution in [1.29, 1.82) is 0 Å². The van der Waals surface area contributed by atoms with Gasteiger partial charge >= 0.3 is 0 Å². The van der Waals surface area contributed by atoms with Gasteiger partial charge in [-0.05, 0) is 47.2 Å². The van der Waals surface area contributed by atoms with E-state index in [1.54, 1.807) is 6.20 Å². The van der Waals surface area contributed by atoms with E-state index in [1.807, 2.05) is 48.5 Å². The maximum atomic E-state index is 12.0. The van der Waals surface area contributed by atoms with E-state index in [2.05, 4.69) is 38.7 Å². The molecule has 0 amide bonds. The van der Waals surface area contributed by atoms with Crippen LogP contribution in [0.25, 0.3) is 11.1 Å². The SMILES string of the molecule is CCCCOc1c(C=O)cc(C(C)(C)C)cc1-c1cccnc1OCc1ccccc1. The lowest BCUT2D eigenvalue weighted by molar-refractivity contribution is 0.111. The predicted molar refractivity (Wildman–Crippen MR) is 125 cm³/mol. The van der Waals surface area contributed by atoms with Crippen LogP contribution in [0.1, 0.15) is 62.0 Å². The maximum absolute atomic E-state index is 12.0. The highest BCUT2D eigenvalue weighted by molar-refractivity contribution is 5.88. The highest BCUT2D eigenvalue weighted by Gasteiger charge is 2.22. The van der Waals surface area contributed by atoms with Gasteiger partial charge in [0.25, 0.3) is 0 Å². The molecule has 0 aliphatic heterocycles. The van der Waals surface area contributed by atoms with E-state index in [0.29, 0.717) is 30.4 Å². The quantitative estimate of drug-likeness (QED) is 0.290. The van der Waals surface area contributed by atoms with Gasteiger partial charge in [-0.1, -0.05) is 64.4 Å². The van der Waals surface area contributed by atoms with Crippen molar-refractivity contribution in [1.82, 2.24) is 4.98 Å². The number of carbonyl (C=O) groups is 1. The highest BCUT2D eigenvalue weighted by Crippen LogP contribution is 2.40. The summed E-state index contributed by atoms with van der Waals surface area (Å²) in [6.07, 6.45) is 4.53. The maximum Gasteiger partial charge on any atom is 0.221 e. The second kappa shape index (κ2) is 10.3. The molecule has 3 aromatic rings. The van der Waals surface area contributed by atoms with Crippen LogP contribution in [-0.4, -0.2) is 17.9 Å². The van der Waals surface area contributed by atoms with Crippen LogP contribution in [0.4, 0.5) is 0 Å². The molecule has 3 rings (SSSR count). The fourth-order valence-corrected chi connectivity index (χ4v) is 3.29. The zero-order valence-electron chi connectivity index (χ0n) is 18.9. The number of carbonyl (C=O) groups excluding carboxylic acids is 1. The summed E-state index contributed by atoms with van der Waals surface area (Å²) in [5, 5.41) is 0. The number of ether oxygens (including phenoxy) is 2. The lowest BCUT2D eigenvalue weighted by Gasteiger charge is -2.23. The summed E-state index contributed by atoms with van der Waals surface area (Å²) in [5.41, 5.74) is 4.21. The molecule has 0 saturated heterocycles. The number of pyridine rings is 1. The van der Waals surface area contributed by atoms with E-state index in [0.717, 1.165) is 41.4 Å². The first kappa shape index (κ1) is 22.5. The van der Waals surface area contributed by atoms with Gasteiger partial charge in [0.05, 0.1) is 12.2 Å². The summed E-state index contributed by atoms with van der Waals surface area (Å²) in [6, 6.07) is 17.9. The van der Waals surface area contributed by atoms with E-state index in [-0.39, 0.29) is 5.41 Å². The van der Waals surface area contributed by atoms with Crippen LogP contribution in [0, 0.1) is 0 Å². The van der Waals surface area contributed by atoms with Crippen molar-refractivity contribution in [3.05, 3.63) is 77.5 Å². The number of hydrogen-bond donors (Lipinski definition) is 0. The molecule has 0 radical (unpaired) electrons. The molecule has 2 aromatic carbocycles. The molecule has 162 valence electrons. The predicted octanol–water partition coefficient (Wildman–Crippen LogP) is 6.62. The van der Waals surface area contributed by atoms with Crippen LogP contribution in [0.2, 0.25) is 0 Å². The van der Waals surface area contributed by atoms with Crippen molar-refractivity contribution in [2.75, 3.05) is 6.61 Å². The van der Waals surface area contributed by atoms with Gasteiger partial charge in [0.2, 0.25) is 5.88 Å². The molecule has 0 aliphatic rings. The molecule has 0 aliphatic carbocycles. The van der Waals surface area contributed by atoms with Crippen molar-refractivity contribution >= 4 is 6.29 Å². The van der Waals surface area contributed by atoms with Gasteiger partial charge in [0.15, 0.2) is 6.29 Å². The first-order valence-corrected chi connectivity index (χ1v) is 10.8. The normalized spacial score (nSPS) is 11.2. The number of rotatable bonds is 9. The Bertz CT molecular complexity index is 1010. The van der Waals surface area contributed by atoms with Crippen LogP contribution >= 0.6 is 0 Å². The molecular weight excluding hydrogens is 386 g/mol. The number of hydrogen-bond acceptors (Lipinski definition) is 4. The Morgan fingerprint density at radius 2 is 1.74 bits per heavy atom. The van der Waals surface area contributed by atoms with Crippen LogP contribution in [0.15, 0.2) is 60.8 Å². The molecule has 31 heavy (non-hydrogen) atoms. The van der Waals surface area contributed by atoms with Gasteiger partial charge in [-0.2, -0.15) is 0 Å². The van der Waals surface area contributed by atoms with Crippen LogP contribution in [0.3, 0.4) is 0 Å². The molecular formula is C27H31NO3. The number of nitrogens with zero attached hydrogens (tertiary/aromatic N) is 1. The Morgan fingerprint density at radius 1 is 0.968 bits per heavy atom. The lowest BCUT2D eigenvalue weighted by atomic mass is 9.84. The van der Waals surface area contributed by atoms with E-state index in [4.69, 9.17) is 9.47 Å². The molecule has 4 heteroatoms. The number of benzene rings is 2. The molecule has 0 bridgehead atoms. The van der Waals surface area contributed by atoms with Gasteiger partial charge in [0, 0.05) is 17.3 Å². The third-order valence-electron chi connectivity index (χ3n) is 5.13. The number of aromatic nitrogens is 1. The van der Waals surface area contributed by atoms with Crippen LogP contribution in [0.5, 0.6) is 11.6 Å². The summed E-state index contributed by atoms with van der Waals surface area (Å²) >= 11 is 0. The second-order valence-electron chi connectivity index (χ2n) is 8.64. The minimum Gasteiger partial charge on any atom is -0.492 e. The van der Waals surface area contributed by atoms with Gasteiger partial charge < -0.3 is 9.47 Å². The Kier molecular flexibility index (Phi) is 7.45. The van der Waals surface area contributed by atoms with E-state index in [1.165, 1.54) is 0 Å².